The lowest BCUT2D eigenvalue weighted by molar-refractivity contribution is 0.437. The van der Waals surface area contributed by atoms with E-state index in [2.05, 4.69) is 10.1 Å². The summed E-state index contributed by atoms with van der Waals surface area (Å²) in [6.45, 7) is 2.03. The zero-order valence-corrected chi connectivity index (χ0v) is 11.5. The summed E-state index contributed by atoms with van der Waals surface area (Å²) in [4.78, 5) is 4.34. The first kappa shape index (κ1) is 11.9. The van der Waals surface area contributed by atoms with Gasteiger partial charge in [0.2, 0.25) is 5.88 Å². The van der Waals surface area contributed by atoms with E-state index in [1.54, 1.807) is 6.20 Å². The first-order valence-electron chi connectivity index (χ1n) is 6.76. The van der Waals surface area contributed by atoms with E-state index < -0.39 is 0 Å². The van der Waals surface area contributed by atoms with Gasteiger partial charge in [-0.25, -0.2) is 4.98 Å². The molecule has 0 saturated heterocycles. The number of hydrogen-bond donors (Lipinski definition) is 1. The van der Waals surface area contributed by atoms with Gasteiger partial charge in [-0.3, -0.25) is 0 Å². The second kappa shape index (κ2) is 4.31. The molecule has 0 bridgehead atoms. The van der Waals surface area contributed by atoms with Gasteiger partial charge in [0.15, 0.2) is 5.52 Å². The summed E-state index contributed by atoms with van der Waals surface area (Å²) < 4.78 is 1.53. The van der Waals surface area contributed by atoms with Gasteiger partial charge in [-0.15, -0.1) is 0 Å². The summed E-state index contributed by atoms with van der Waals surface area (Å²) in [5, 5.41) is 17.0. The molecule has 2 aromatic heterocycles. The minimum absolute atomic E-state index is 0.0691. The highest BCUT2D eigenvalue weighted by molar-refractivity contribution is 6.04. The molecule has 0 aliphatic carbocycles. The zero-order valence-electron chi connectivity index (χ0n) is 11.5. The van der Waals surface area contributed by atoms with E-state index in [0.717, 1.165) is 16.5 Å². The molecule has 4 nitrogen and oxygen atoms in total. The molecule has 2 aromatic carbocycles. The first-order chi connectivity index (χ1) is 10.2. The quantitative estimate of drug-likeness (QED) is 0.577. The third kappa shape index (κ3) is 1.76. The predicted octanol–water partition coefficient (Wildman–Crippen LogP) is 3.59. The van der Waals surface area contributed by atoms with Crippen molar-refractivity contribution >= 4 is 21.8 Å². The zero-order chi connectivity index (χ0) is 14.4. The van der Waals surface area contributed by atoms with Crippen LogP contribution in [0.25, 0.3) is 27.5 Å². The molecular weight excluding hydrogens is 262 g/mol. The highest BCUT2D eigenvalue weighted by Gasteiger charge is 2.15. The molecule has 0 spiro atoms. The van der Waals surface area contributed by atoms with Crippen LogP contribution in [0.3, 0.4) is 0 Å². The molecule has 0 amide bonds. The normalized spacial score (nSPS) is 11.3. The standard InChI is InChI=1S/C17H13N3O/c1-11-6-8-13(9-7-11)20-17(21)16-15(19-20)14-5-3-2-4-12(14)10-18-16/h2-10,21H,1H3. The number of rotatable bonds is 1. The van der Waals surface area contributed by atoms with Gasteiger partial charge in [0.25, 0.3) is 0 Å². The number of pyridine rings is 1. The fraction of sp³-hybridized carbons (Fsp3) is 0.0588. The summed E-state index contributed by atoms with van der Waals surface area (Å²) in [6, 6.07) is 15.8. The maximum atomic E-state index is 10.4. The highest BCUT2D eigenvalue weighted by Crippen LogP contribution is 2.30. The van der Waals surface area contributed by atoms with E-state index in [-0.39, 0.29) is 5.88 Å². The predicted molar refractivity (Wildman–Crippen MR) is 82.8 cm³/mol. The van der Waals surface area contributed by atoms with E-state index in [9.17, 15) is 5.11 Å². The molecule has 1 N–H and O–H groups in total. The average Bonchev–Trinajstić information content (AvgIpc) is 2.86. The van der Waals surface area contributed by atoms with Crippen LogP contribution in [0.5, 0.6) is 5.88 Å². The maximum absolute atomic E-state index is 10.4. The molecule has 21 heavy (non-hydrogen) atoms. The van der Waals surface area contributed by atoms with Gasteiger partial charge in [0, 0.05) is 17.0 Å². The van der Waals surface area contributed by atoms with Crippen molar-refractivity contribution < 1.29 is 5.11 Å². The molecule has 0 unspecified atom stereocenters. The smallest absolute Gasteiger partial charge is 0.241 e. The van der Waals surface area contributed by atoms with Gasteiger partial charge in [-0.1, -0.05) is 42.0 Å². The molecule has 2 heterocycles. The molecule has 102 valence electrons. The number of aromatic nitrogens is 3. The summed E-state index contributed by atoms with van der Waals surface area (Å²) in [5.74, 6) is 0.0691. The number of nitrogens with zero attached hydrogens (tertiary/aromatic N) is 3. The SMILES string of the molecule is Cc1ccc(-n2nc3c(ncc4ccccc43)c2O)cc1. The Bertz CT molecular complexity index is 955. The number of fused-ring (bicyclic) bond motifs is 3. The van der Waals surface area contributed by atoms with E-state index in [0.29, 0.717) is 11.0 Å². The van der Waals surface area contributed by atoms with Crippen molar-refractivity contribution in [1.82, 2.24) is 14.8 Å². The van der Waals surface area contributed by atoms with Crippen molar-refractivity contribution in [3.05, 3.63) is 60.3 Å². The summed E-state index contributed by atoms with van der Waals surface area (Å²) >= 11 is 0. The molecule has 0 aliphatic heterocycles. The van der Waals surface area contributed by atoms with Gasteiger partial charge < -0.3 is 5.11 Å². The Hall–Kier alpha value is -2.88. The third-order valence-electron chi connectivity index (χ3n) is 3.66. The van der Waals surface area contributed by atoms with Gasteiger partial charge >= 0.3 is 0 Å². The molecule has 4 aromatic rings. The Morgan fingerprint density at radius 2 is 1.71 bits per heavy atom. The molecule has 0 aliphatic rings. The topological polar surface area (TPSA) is 50.9 Å². The first-order valence-corrected chi connectivity index (χ1v) is 6.76. The summed E-state index contributed by atoms with van der Waals surface area (Å²) in [5.41, 5.74) is 3.22. The van der Waals surface area contributed by atoms with Crippen LogP contribution in [0, 0.1) is 6.92 Å². The van der Waals surface area contributed by atoms with Crippen LogP contribution >= 0.6 is 0 Å². The Balaban J connectivity index is 2.05. The summed E-state index contributed by atoms with van der Waals surface area (Å²) in [6.07, 6.45) is 1.76. The Labute approximate surface area is 121 Å². The summed E-state index contributed by atoms with van der Waals surface area (Å²) in [7, 11) is 0. The van der Waals surface area contributed by atoms with E-state index >= 15 is 0 Å². The Morgan fingerprint density at radius 1 is 0.952 bits per heavy atom. The van der Waals surface area contributed by atoms with Crippen LogP contribution in [-0.4, -0.2) is 19.9 Å². The van der Waals surface area contributed by atoms with Gasteiger partial charge in [-0.2, -0.15) is 9.78 Å². The fourth-order valence-electron chi connectivity index (χ4n) is 2.53. The Kier molecular flexibility index (Phi) is 2.44. The van der Waals surface area contributed by atoms with Crippen molar-refractivity contribution in [3.63, 3.8) is 0 Å². The molecule has 0 fully saturated rings. The Morgan fingerprint density at radius 3 is 2.52 bits per heavy atom. The average molecular weight is 275 g/mol. The second-order valence-electron chi connectivity index (χ2n) is 5.11. The van der Waals surface area contributed by atoms with E-state index in [1.165, 1.54) is 10.2 Å². The molecule has 4 rings (SSSR count). The highest BCUT2D eigenvalue weighted by atomic mass is 16.3. The van der Waals surface area contributed by atoms with E-state index in [1.807, 2.05) is 55.5 Å². The van der Waals surface area contributed by atoms with Crippen molar-refractivity contribution in [1.29, 1.82) is 0 Å². The molecule has 0 saturated carbocycles. The number of hydrogen-bond acceptors (Lipinski definition) is 3. The van der Waals surface area contributed by atoms with Crippen molar-refractivity contribution in [2.45, 2.75) is 6.92 Å². The minimum atomic E-state index is 0.0691. The minimum Gasteiger partial charge on any atom is -0.492 e. The molecular formula is C17H13N3O. The molecule has 0 radical (unpaired) electrons. The van der Waals surface area contributed by atoms with E-state index in [4.69, 9.17) is 0 Å². The van der Waals surface area contributed by atoms with Crippen LogP contribution in [0.15, 0.2) is 54.7 Å². The van der Waals surface area contributed by atoms with Gasteiger partial charge in [0.1, 0.15) is 5.52 Å². The number of aryl methyl sites for hydroxylation is 1. The molecule has 4 heteroatoms. The van der Waals surface area contributed by atoms with Gasteiger partial charge in [-0.05, 0) is 19.1 Å². The van der Waals surface area contributed by atoms with Crippen molar-refractivity contribution in [2.24, 2.45) is 0 Å². The van der Waals surface area contributed by atoms with Crippen LogP contribution in [0.1, 0.15) is 5.56 Å². The van der Waals surface area contributed by atoms with Crippen LogP contribution in [0.4, 0.5) is 0 Å². The van der Waals surface area contributed by atoms with Crippen LogP contribution in [-0.2, 0) is 0 Å². The number of benzene rings is 2. The fourth-order valence-corrected chi connectivity index (χ4v) is 2.53. The maximum Gasteiger partial charge on any atom is 0.241 e. The lowest BCUT2D eigenvalue weighted by Gasteiger charge is -2.02. The molecule has 0 atom stereocenters. The van der Waals surface area contributed by atoms with Crippen molar-refractivity contribution in [2.75, 3.05) is 0 Å². The van der Waals surface area contributed by atoms with Gasteiger partial charge in [0.05, 0.1) is 5.69 Å². The van der Waals surface area contributed by atoms with Crippen LogP contribution < -0.4 is 0 Å². The third-order valence-corrected chi connectivity index (χ3v) is 3.66. The largest absolute Gasteiger partial charge is 0.492 e. The second-order valence-corrected chi connectivity index (χ2v) is 5.11. The lowest BCUT2D eigenvalue weighted by atomic mass is 10.1. The monoisotopic (exact) mass is 275 g/mol. The van der Waals surface area contributed by atoms with Crippen LogP contribution in [0.2, 0.25) is 0 Å². The number of aromatic hydroxyl groups is 1. The van der Waals surface area contributed by atoms with Crippen molar-refractivity contribution in [3.8, 4) is 11.6 Å². The lowest BCUT2D eigenvalue weighted by Crippen LogP contribution is -1.95.